The molecule has 1 saturated carbocycles. The standard InChI is InChI=1S/C15H28N2O2/c1-12(2)7-10-17(13-3-4-13)15(18)11-19-14-5-8-16-9-6-14/h12-14,16H,3-11H2,1-2H3. The summed E-state index contributed by atoms with van der Waals surface area (Å²) in [5, 5.41) is 3.31. The molecular formula is C15H28N2O2. The molecule has 19 heavy (non-hydrogen) atoms. The Bertz CT molecular complexity index is 284. The molecule has 4 nitrogen and oxygen atoms in total. The second kappa shape index (κ2) is 7.25. The molecule has 1 aliphatic heterocycles. The third-order valence-electron chi connectivity index (χ3n) is 3.98. The van der Waals surface area contributed by atoms with Crippen molar-refractivity contribution < 1.29 is 9.53 Å². The highest BCUT2D eigenvalue weighted by atomic mass is 16.5. The molecule has 0 atom stereocenters. The number of nitrogens with one attached hydrogen (secondary N) is 1. The predicted molar refractivity (Wildman–Crippen MR) is 76.0 cm³/mol. The molecule has 1 aliphatic carbocycles. The number of piperidine rings is 1. The molecule has 0 bridgehead atoms. The van der Waals surface area contributed by atoms with Crippen molar-refractivity contribution in [3.05, 3.63) is 0 Å². The Kier molecular flexibility index (Phi) is 5.64. The molecule has 0 aromatic rings. The van der Waals surface area contributed by atoms with Gasteiger partial charge in [-0.3, -0.25) is 4.79 Å². The van der Waals surface area contributed by atoms with Crippen molar-refractivity contribution >= 4 is 5.91 Å². The lowest BCUT2D eigenvalue weighted by Gasteiger charge is -2.26. The van der Waals surface area contributed by atoms with Gasteiger partial charge >= 0.3 is 0 Å². The van der Waals surface area contributed by atoms with Crippen molar-refractivity contribution in [1.82, 2.24) is 10.2 Å². The highest BCUT2D eigenvalue weighted by Gasteiger charge is 2.32. The molecule has 0 spiro atoms. The Morgan fingerprint density at radius 2 is 1.95 bits per heavy atom. The number of ether oxygens (including phenoxy) is 1. The van der Waals surface area contributed by atoms with Crippen LogP contribution >= 0.6 is 0 Å². The number of hydrogen-bond donors (Lipinski definition) is 1. The van der Waals surface area contributed by atoms with Crippen LogP contribution in [0.4, 0.5) is 0 Å². The van der Waals surface area contributed by atoms with Crippen LogP contribution < -0.4 is 5.32 Å². The van der Waals surface area contributed by atoms with E-state index in [0.29, 0.717) is 12.0 Å². The molecule has 2 aliphatic rings. The van der Waals surface area contributed by atoms with Gasteiger partial charge in [0.1, 0.15) is 6.61 Å². The maximum absolute atomic E-state index is 12.3. The van der Waals surface area contributed by atoms with E-state index in [2.05, 4.69) is 24.1 Å². The van der Waals surface area contributed by atoms with Gasteiger partial charge in [0.15, 0.2) is 0 Å². The number of amides is 1. The zero-order valence-electron chi connectivity index (χ0n) is 12.4. The molecule has 1 N–H and O–H groups in total. The molecule has 0 radical (unpaired) electrons. The van der Waals surface area contributed by atoms with Crippen LogP contribution in [0.5, 0.6) is 0 Å². The minimum Gasteiger partial charge on any atom is -0.368 e. The molecule has 2 fully saturated rings. The van der Waals surface area contributed by atoms with Crippen LogP contribution in [0.1, 0.15) is 46.0 Å². The summed E-state index contributed by atoms with van der Waals surface area (Å²) in [7, 11) is 0. The number of carbonyl (C=O) groups is 1. The van der Waals surface area contributed by atoms with Gasteiger partial charge < -0.3 is 15.0 Å². The molecule has 1 heterocycles. The molecule has 1 saturated heterocycles. The SMILES string of the molecule is CC(C)CCN(C(=O)COC1CCNCC1)C1CC1. The van der Waals surface area contributed by atoms with Crippen LogP contribution in [0.3, 0.4) is 0 Å². The Morgan fingerprint density at radius 3 is 2.53 bits per heavy atom. The van der Waals surface area contributed by atoms with Crippen molar-refractivity contribution in [3.8, 4) is 0 Å². The second-order valence-electron chi connectivity index (χ2n) is 6.26. The summed E-state index contributed by atoms with van der Waals surface area (Å²) < 4.78 is 5.78. The van der Waals surface area contributed by atoms with Crippen LogP contribution in [0.2, 0.25) is 0 Å². The van der Waals surface area contributed by atoms with Gasteiger partial charge in [0, 0.05) is 12.6 Å². The highest BCUT2D eigenvalue weighted by molar-refractivity contribution is 5.78. The van der Waals surface area contributed by atoms with Crippen molar-refractivity contribution in [2.45, 2.75) is 58.1 Å². The van der Waals surface area contributed by atoms with Crippen molar-refractivity contribution in [3.63, 3.8) is 0 Å². The average Bonchev–Trinajstić information content (AvgIpc) is 3.22. The lowest BCUT2D eigenvalue weighted by molar-refractivity contribution is -0.139. The largest absolute Gasteiger partial charge is 0.368 e. The first kappa shape index (κ1) is 14.8. The van der Waals surface area contributed by atoms with E-state index in [1.54, 1.807) is 0 Å². The van der Waals surface area contributed by atoms with Gasteiger partial charge in [-0.1, -0.05) is 13.8 Å². The van der Waals surface area contributed by atoms with Crippen molar-refractivity contribution in [1.29, 1.82) is 0 Å². The highest BCUT2D eigenvalue weighted by Crippen LogP contribution is 2.27. The molecular weight excluding hydrogens is 240 g/mol. The first-order valence-electron chi connectivity index (χ1n) is 7.78. The van der Waals surface area contributed by atoms with Gasteiger partial charge in [0.25, 0.3) is 0 Å². The normalized spacial score (nSPS) is 20.8. The van der Waals surface area contributed by atoms with Crippen LogP contribution in [-0.2, 0) is 9.53 Å². The molecule has 0 aromatic carbocycles. The van der Waals surface area contributed by atoms with E-state index in [0.717, 1.165) is 38.9 Å². The van der Waals surface area contributed by atoms with Gasteiger partial charge in [-0.25, -0.2) is 0 Å². The lowest BCUT2D eigenvalue weighted by Crippen LogP contribution is -2.39. The molecule has 2 rings (SSSR count). The van der Waals surface area contributed by atoms with E-state index < -0.39 is 0 Å². The summed E-state index contributed by atoms with van der Waals surface area (Å²) in [6.45, 7) is 7.62. The first-order valence-corrected chi connectivity index (χ1v) is 7.78. The summed E-state index contributed by atoms with van der Waals surface area (Å²) in [6, 6.07) is 0.503. The average molecular weight is 268 g/mol. The monoisotopic (exact) mass is 268 g/mol. The van der Waals surface area contributed by atoms with Crippen LogP contribution in [0, 0.1) is 5.92 Å². The predicted octanol–water partition coefficient (Wildman–Crippen LogP) is 1.79. The fourth-order valence-electron chi connectivity index (χ4n) is 2.53. The zero-order chi connectivity index (χ0) is 13.7. The molecule has 0 unspecified atom stereocenters. The van der Waals surface area contributed by atoms with Gasteiger partial charge in [0.2, 0.25) is 5.91 Å². The Hall–Kier alpha value is -0.610. The second-order valence-corrected chi connectivity index (χ2v) is 6.26. The molecule has 4 heteroatoms. The van der Waals surface area contributed by atoms with Crippen LogP contribution in [0.15, 0.2) is 0 Å². The van der Waals surface area contributed by atoms with Crippen molar-refractivity contribution in [2.24, 2.45) is 5.92 Å². The van der Waals surface area contributed by atoms with E-state index in [-0.39, 0.29) is 18.6 Å². The molecule has 110 valence electrons. The number of hydrogen-bond acceptors (Lipinski definition) is 3. The number of nitrogens with zero attached hydrogens (tertiary/aromatic N) is 1. The summed E-state index contributed by atoms with van der Waals surface area (Å²) in [5.74, 6) is 0.848. The topological polar surface area (TPSA) is 41.6 Å². The lowest BCUT2D eigenvalue weighted by atomic mass is 10.1. The summed E-state index contributed by atoms with van der Waals surface area (Å²) in [5.41, 5.74) is 0. The summed E-state index contributed by atoms with van der Waals surface area (Å²) >= 11 is 0. The van der Waals surface area contributed by atoms with Gasteiger partial charge in [-0.05, 0) is 51.1 Å². The zero-order valence-corrected chi connectivity index (χ0v) is 12.4. The van der Waals surface area contributed by atoms with Gasteiger partial charge in [-0.15, -0.1) is 0 Å². The Morgan fingerprint density at radius 1 is 1.26 bits per heavy atom. The third-order valence-corrected chi connectivity index (χ3v) is 3.98. The Labute approximate surface area is 116 Å². The minimum absolute atomic E-state index is 0.196. The minimum atomic E-state index is 0.196. The fraction of sp³-hybridized carbons (Fsp3) is 0.933. The Balaban J connectivity index is 1.72. The smallest absolute Gasteiger partial charge is 0.248 e. The first-order chi connectivity index (χ1) is 9.16. The summed E-state index contributed by atoms with van der Waals surface area (Å²) in [6.07, 6.45) is 5.78. The third kappa shape index (κ3) is 5.11. The van der Waals surface area contributed by atoms with Gasteiger partial charge in [0.05, 0.1) is 6.10 Å². The summed E-state index contributed by atoms with van der Waals surface area (Å²) in [4.78, 5) is 14.3. The van der Waals surface area contributed by atoms with Crippen LogP contribution in [-0.4, -0.2) is 49.2 Å². The molecule has 1 amide bonds. The van der Waals surface area contributed by atoms with E-state index in [9.17, 15) is 4.79 Å². The quantitative estimate of drug-likeness (QED) is 0.765. The van der Waals surface area contributed by atoms with E-state index in [1.165, 1.54) is 12.8 Å². The van der Waals surface area contributed by atoms with Crippen molar-refractivity contribution in [2.75, 3.05) is 26.2 Å². The maximum atomic E-state index is 12.3. The maximum Gasteiger partial charge on any atom is 0.248 e. The number of carbonyl (C=O) groups excluding carboxylic acids is 1. The van der Waals surface area contributed by atoms with Crippen LogP contribution in [0.25, 0.3) is 0 Å². The fourth-order valence-corrected chi connectivity index (χ4v) is 2.53. The number of rotatable bonds is 7. The van der Waals surface area contributed by atoms with Gasteiger partial charge in [-0.2, -0.15) is 0 Å². The van der Waals surface area contributed by atoms with E-state index in [1.807, 2.05) is 0 Å². The van der Waals surface area contributed by atoms with E-state index >= 15 is 0 Å². The molecule has 0 aromatic heterocycles. The van der Waals surface area contributed by atoms with E-state index in [4.69, 9.17) is 4.74 Å².